The zero-order valence-corrected chi connectivity index (χ0v) is 21.1. The SMILES string of the molecule is [B][B]B(B([B])[B])B(B(B([B])[B])B([B])[B])B(B(B([B])[B])B([B])[B])c1cc(C)cc(-c2cccc(C)n2)c1. The molecule has 2 aromatic rings. The van der Waals surface area contributed by atoms with Crippen LogP contribution in [0.5, 0.6) is 0 Å². The molecule has 23 radical (unpaired) electrons. The number of aryl methyl sites for hydroxylation is 2. The van der Waals surface area contributed by atoms with Gasteiger partial charge in [0.1, 0.15) is 0 Å². The van der Waals surface area contributed by atoms with Crippen molar-refractivity contribution in [2.75, 3.05) is 0 Å². The molecule has 36 heavy (non-hydrogen) atoms. The molecule has 0 unspecified atom stereocenters. The van der Waals surface area contributed by atoms with Gasteiger partial charge in [-0.3, -0.25) is 4.98 Å². The van der Waals surface area contributed by atoms with Crippen molar-refractivity contribution < 1.29 is 0 Å². The maximum absolute atomic E-state index is 6.27. The van der Waals surface area contributed by atoms with Crippen molar-refractivity contribution >= 4 is 162 Å². The standard InChI is InChI=1S/C13H12B22N/c1-9-6-11(13-5-3-4-10(2)36-13)8-12(7-9)26(33(28(17)18)29(19)20)34(32(25-14)27(15)16)35(30(21)22)31(23)24/h3-8H,1-2H3. The van der Waals surface area contributed by atoms with Gasteiger partial charge in [-0.15, -0.1) is 0 Å². The van der Waals surface area contributed by atoms with Gasteiger partial charge in [-0.2, -0.15) is 0 Å². The highest BCUT2D eigenvalue weighted by molar-refractivity contribution is 8.18. The van der Waals surface area contributed by atoms with E-state index in [0.29, 0.717) is 0 Å². The van der Waals surface area contributed by atoms with E-state index in [9.17, 15) is 0 Å². The molecule has 0 saturated carbocycles. The van der Waals surface area contributed by atoms with E-state index in [2.05, 4.69) is 4.98 Å². The van der Waals surface area contributed by atoms with Gasteiger partial charge in [-0.25, -0.2) is 0 Å². The van der Waals surface area contributed by atoms with Crippen LogP contribution < -0.4 is 5.46 Å². The Labute approximate surface area is 238 Å². The van der Waals surface area contributed by atoms with Crippen molar-refractivity contribution in [1.82, 2.24) is 4.98 Å². The first-order chi connectivity index (χ1) is 16.8. The summed E-state index contributed by atoms with van der Waals surface area (Å²) in [7, 11) is 69.8. The summed E-state index contributed by atoms with van der Waals surface area (Å²) in [6.45, 7) is 3.33. The Morgan fingerprint density at radius 3 is 1.67 bits per heavy atom. The fourth-order valence-corrected chi connectivity index (χ4v) is 5.31. The van der Waals surface area contributed by atoms with Crippen molar-refractivity contribution in [2.45, 2.75) is 13.8 Å². The van der Waals surface area contributed by atoms with Crippen LogP contribution in [0.25, 0.3) is 11.3 Å². The molecule has 0 aliphatic rings. The molecule has 0 atom stereocenters. The minimum absolute atomic E-state index is 0.568. The lowest BCUT2D eigenvalue weighted by Gasteiger charge is -2.45. The van der Waals surface area contributed by atoms with Crippen molar-refractivity contribution in [3.05, 3.63) is 47.7 Å². The summed E-state index contributed by atoms with van der Waals surface area (Å²) in [5, 5.41) is 0. The lowest BCUT2D eigenvalue weighted by molar-refractivity contribution is 1.20. The van der Waals surface area contributed by atoms with Crippen LogP contribution >= 0.6 is 0 Å². The van der Waals surface area contributed by atoms with Crippen LogP contribution in [0.1, 0.15) is 11.3 Å². The van der Waals surface area contributed by atoms with Crippen LogP contribution in [0.4, 0.5) is 0 Å². The van der Waals surface area contributed by atoms with Crippen LogP contribution in [0.15, 0.2) is 36.4 Å². The second kappa shape index (κ2) is 14.3. The molecule has 0 aliphatic heterocycles. The minimum atomic E-state index is -0.940. The van der Waals surface area contributed by atoms with Gasteiger partial charge in [-0.05, 0) is 37.6 Å². The first kappa shape index (κ1) is 32.0. The molecule has 0 aliphatic carbocycles. The summed E-state index contributed by atoms with van der Waals surface area (Å²) in [5.74, 6) is 0. The fourth-order valence-electron chi connectivity index (χ4n) is 5.31. The molecule has 23 heteroatoms. The second-order valence-corrected chi connectivity index (χ2v) is 9.71. The quantitative estimate of drug-likeness (QED) is 0.312. The van der Waals surface area contributed by atoms with Crippen molar-refractivity contribution in [1.29, 1.82) is 0 Å². The van der Waals surface area contributed by atoms with Crippen molar-refractivity contribution in [3.8, 4) is 11.3 Å². The lowest BCUT2D eigenvalue weighted by Crippen LogP contribution is -2.84. The summed E-state index contributed by atoms with van der Waals surface area (Å²) < 4.78 is 0. The van der Waals surface area contributed by atoms with E-state index >= 15 is 0 Å². The van der Waals surface area contributed by atoms with Crippen LogP contribution in [0, 0.1) is 13.8 Å². The number of rotatable bonds is 12. The molecule has 1 nitrogen and oxygen atoms in total. The van der Waals surface area contributed by atoms with Crippen LogP contribution in [-0.2, 0) is 0 Å². The van der Waals surface area contributed by atoms with Gasteiger partial charge < -0.3 is 0 Å². The Morgan fingerprint density at radius 2 is 1.22 bits per heavy atom. The van der Waals surface area contributed by atoms with E-state index in [-0.39, 0.29) is 0 Å². The van der Waals surface area contributed by atoms with E-state index in [4.69, 9.17) is 85.1 Å². The molecule has 0 amide bonds. The van der Waals surface area contributed by atoms with E-state index < -0.39 is 64.0 Å². The molecule has 1 heterocycles. The summed E-state index contributed by atoms with van der Waals surface area (Å²) in [6.07, 6.45) is -7.23. The molecule has 0 N–H and O–H groups in total. The molecule has 0 spiro atoms. The number of hydrogen-bond donors (Lipinski definition) is 0. The predicted molar refractivity (Wildman–Crippen MR) is 185 cm³/mol. The topological polar surface area (TPSA) is 12.9 Å². The number of aromatic nitrogens is 1. The molecule has 135 valence electrons. The predicted octanol–water partition coefficient (Wildman–Crippen LogP) is -5.84. The zero-order valence-electron chi connectivity index (χ0n) is 21.1. The van der Waals surface area contributed by atoms with E-state index in [0.717, 1.165) is 28.0 Å². The molecule has 1 aromatic heterocycles. The molecular formula is C13H12B22N. The molecule has 1 aromatic carbocycles. The van der Waals surface area contributed by atoms with Gasteiger partial charge in [0.2, 0.25) is 0 Å². The van der Waals surface area contributed by atoms with Crippen molar-refractivity contribution in [2.24, 2.45) is 0 Å². The van der Waals surface area contributed by atoms with E-state index in [1.165, 1.54) is 7.06 Å². The molecule has 0 bridgehead atoms. The number of pyridine rings is 1. The van der Waals surface area contributed by atoms with Gasteiger partial charge >= 0.3 is 0 Å². The first-order valence-electron chi connectivity index (χ1n) is 12.0. The first-order valence-corrected chi connectivity index (χ1v) is 12.0. The maximum atomic E-state index is 6.27. The Balaban J connectivity index is 2.91. The van der Waals surface area contributed by atoms with Crippen LogP contribution in [0.3, 0.4) is 0 Å². The Hall–Kier alpha value is -0.201. The second-order valence-electron chi connectivity index (χ2n) is 9.71. The third-order valence-electron chi connectivity index (χ3n) is 6.83. The minimum Gasteiger partial charge on any atom is -0.253 e. The fraction of sp³-hybridized carbons (Fsp3) is 0.154. The van der Waals surface area contributed by atoms with Gasteiger partial charge in [0, 0.05) is 155 Å². The summed E-state index contributed by atoms with van der Waals surface area (Å²) in [6, 6.07) is 11.8. The van der Waals surface area contributed by atoms with E-state index in [1.54, 1.807) is 0 Å². The monoisotopic (exact) mass is 424 g/mol. The van der Waals surface area contributed by atoms with Gasteiger partial charge in [-0.1, -0.05) is 29.2 Å². The van der Waals surface area contributed by atoms with Crippen LogP contribution in [0.2, 0.25) is 0 Å². The highest BCUT2D eigenvalue weighted by atomic mass is 14.7. The maximum Gasteiger partial charge on any atom is 0.0804 e. The van der Waals surface area contributed by atoms with Crippen LogP contribution in [-0.4, -0.2) is 161 Å². The molecule has 2 rings (SSSR count). The molecule has 0 saturated heterocycles. The molecular weight excluding hydrogens is 408 g/mol. The average molecular weight is 420 g/mol. The largest absolute Gasteiger partial charge is 0.253 e. The van der Waals surface area contributed by atoms with E-state index in [1.807, 2.05) is 50.2 Å². The van der Waals surface area contributed by atoms with Crippen molar-refractivity contribution in [3.63, 3.8) is 0 Å². The summed E-state index contributed by atoms with van der Waals surface area (Å²) in [4.78, 5) is 4.67. The summed E-state index contributed by atoms with van der Waals surface area (Å²) in [5.41, 5.74) is 4.32. The normalized spacial score (nSPS) is 10.1. The zero-order chi connectivity index (χ0) is 27.3. The van der Waals surface area contributed by atoms with Gasteiger partial charge in [0.05, 0.1) is 12.2 Å². The Kier molecular flexibility index (Phi) is 12.7. The third-order valence-corrected chi connectivity index (χ3v) is 6.83. The average Bonchev–Trinajstić information content (AvgIpc) is 2.75. The number of nitrogens with zero attached hydrogens (tertiary/aromatic N) is 1. The Morgan fingerprint density at radius 1 is 0.667 bits per heavy atom. The highest BCUT2D eigenvalue weighted by Crippen LogP contribution is 2.20. The molecule has 0 fully saturated rings. The van der Waals surface area contributed by atoms with Gasteiger partial charge in [0.25, 0.3) is 0 Å². The summed E-state index contributed by atoms with van der Waals surface area (Å²) >= 11 is 0. The van der Waals surface area contributed by atoms with Gasteiger partial charge in [0.15, 0.2) is 0 Å². The highest BCUT2D eigenvalue weighted by Gasteiger charge is 2.48. The number of benzene rings is 1. The third kappa shape index (κ3) is 7.91. The lowest BCUT2D eigenvalue weighted by atomic mass is 8.39. The smallest absolute Gasteiger partial charge is 0.0804 e. The number of hydrogen-bond acceptors (Lipinski definition) is 1. The Bertz CT molecular complexity index is 953.